The van der Waals surface area contributed by atoms with Gasteiger partial charge in [-0.3, -0.25) is 9.67 Å². The summed E-state index contributed by atoms with van der Waals surface area (Å²) >= 11 is 1.72. The van der Waals surface area contributed by atoms with Crippen LogP contribution >= 0.6 is 11.3 Å². The summed E-state index contributed by atoms with van der Waals surface area (Å²) < 4.78 is 1.77. The largest absolute Gasteiger partial charge is 0.369 e. The molecule has 0 fully saturated rings. The molecule has 0 saturated heterocycles. The Hall–Kier alpha value is -2.87. The highest BCUT2D eigenvalue weighted by atomic mass is 32.1. The molecule has 4 heterocycles. The number of thiazole rings is 1. The van der Waals surface area contributed by atoms with Gasteiger partial charge in [-0.05, 0) is 25.5 Å². The molecule has 1 N–H and O–H groups in total. The maximum Gasteiger partial charge on any atom is 0.164 e. The van der Waals surface area contributed by atoms with Gasteiger partial charge in [0, 0.05) is 49.0 Å². The highest BCUT2D eigenvalue weighted by Gasteiger charge is 2.12. The minimum absolute atomic E-state index is 0.668. The van der Waals surface area contributed by atoms with E-state index >= 15 is 0 Å². The fourth-order valence-electron chi connectivity index (χ4n) is 2.75. The summed E-state index contributed by atoms with van der Waals surface area (Å²) in [4.78, 5) is 17.9. The summed E-state index contributed by atoms with van der Waals surface area (Å²) in [5.41, 5.74) is 2.84. The maximum atomic E-state index is 4.72. The van der Waals surface area contributed by atoms with Crippen molar-refractivity contribution < 1.29 is 0 Å². The van der Waals surface area contributed by atoms with Gasteiger partial charge in [0.05, 0.1) is 16.6 Å². The Morgan fingerprint density at radius 3 is 2.77 bits per heavy atom. The minimum atomic E-state index is 0.668. The lowest BCUT2D eigenvalue weighted by Gasteiger charge is -2.09. The van der Waals surface area contributed by atoms with E-state index in [9.17, 15) is 0 Å². The third-order valence-corrected chi connectivity index (χ3v) is 5.08. The molecule has 26 heavy (non-hydrogen) atoms. The smallest absolute Gasteiger partial charge is 0.164 e. The van der Waals surface area contributed by atoms with Gasteiger partial charge in [0.1, 0.15) is 5.82 Å². The van der Waals surface area contributed by atoms with Crippen LogP contribution in [0.2, 0.25) is 0 Å². The van der Waals surface area contributed by atoms with Crippen LogP contribution in [-0.4, -0.2) is 36.3 Å². The molecule has 0 aliphatic carbocycles. The van der Waals surface area contributed by atoms with Crippen molar-refractivity contribution in [1.82, 2.24) is 29.7 Å². The van der Waals surface area contributed by atoms with Crippen molar-refractivity contribution in [2.24, 2.45) is 7.05 Å². The van der Waals surface area contributed by atoms with Crippen molar-refractivity contribution in [3.8, 4) is 11.4 Å². The molecule has 4 aromatic heterocycles. The number of fused-ring (bicyclic) bond motifs is 1. The number of nitrogens with one attached hydrogen (secondary N) is 1. The lowest BCUT2D eigenvalue weighted by molar-refractivity contribution is 0.786. The predicted molar refractivity (Wildman–Crippen MR) is 103 cm³/mol. The topological polar surface area (TPSA) is 81.4 Å². The molecule has 0 spiro atoms. The molecule has 0 amide bonds. The maximum absolute atomic E-state index is 4.72. The zero-order chi connectivity index (χ0) is 17.9. The van der Waals surface area contributed by atoms with Gasteiger partial charge in [-0.15, -0.1) is 11.3 Å². The molecular weight excluding hydrogens is 346 g/mol. The van der Waals surface area contributed by atoms with Gasteiger partial charge < -0.3 is 5.32 Å². The SMILES string of the molecule is Cc1csc(CCCNc2nc(-c3ccncc3)nc3c2cnn3C)n1. The number of hydrogen-bond donors (Lipinski definition) is 1. The zero-order valence-electron chi connectivity index (χ0n) is 14.7. The van der Waals surface area contributed by atoms with E-state index in [-0.39, 0.29) is 0 Å². The molecule has 0 unspecified atom stereocenters. The number of hydrogen-bond acceptors (Lipinski definition) is 7. The van der Waals surface area contributed by atoms with Crippen LogP contribution in [0, 0.1) is 6.92 Å². The van der Waals surface area contributed by atoms with Crippen molar-refractivity contribution in [3.63, 3.8) is 0 Å². The number of aromatic nitrogens is 6. The Bertz CT molecular complexity index is 1020. The van der Waals surface area contributed by atoms with Crippen LogP contribution in [0.25, 0.3) is 22.4 Å². The van der Waals surface area contributed by atoms with Gasteiger partial charge in [0.15, 0.2) is 11.5 Å². The first-order chi connectivity index (χ1) is 12.7. The van der Waals surface area contributed by atoms with E-state index in [0.29, 0.717) is 5.82 Å². The van der Waals surface area contributed by atoms with E-state index in [2.05, 4.69) is 30.7 Å². The molecule has 0 aliphatic rings. The molecule has 4 rings (SSSR count). The van der Waals surface area contributed by atoms with Gasteiger partial charge in [0.2, 0.25) is 0 Å². The number of rotatable bonds is 6. The fraction of sp³-hybridized carbons (Fsp3) is 0.278. The highest BCUT2D eigenvalue weighted by Crippen LogP contribution is 2.24. The molecule has 0 bridgehead atoms. The third kappa shape index (κ3) is 3.41. The van der Waals surface area contributed by atoms with Crippen LogP contribution in [-0.2, 0) is 13.5 Å². The molecule has 0 aliphatic heterocycles. The number of anilines is 1. The summed E-state index contributed by atoms with van der Waals surface area (Å²) in [6.45, 7) is 2.84. The molecule has 7 nitrogen and oxygen atoms in total. The van der Waals surface area contributed by atoms with Crippen LogP contribution in [0.4, 0.5) is 5.82 Å². The van der Waals surface area contributed by atoms with E-state index in [1.54, 1.807) is 34.6 Å². The van der Waals surface area contributed by atoms with Crippen LogP contribution < -0.4 is 5.32 Å². The Morgan fingerprint density at radius 2 is 2.00 bits per heavy atom. The fourth-order valence-corrected chi connectivity index (χ4v) is 3.57. The number of aryl methyl sites for hydroxylation is 3. The average molecular weight is 365 g/mol. The second-order valence-electron chi connectivity index (χ2n) is 6.05. The number of nitrogens with zero attached hydrogens (tertiary/aromatic N) is 6. The first kappa shape index (κ1) is 16.6. The molecule has 4 aromatic rings. The van der Waals surface area contributed by atoms with Crippen LogP contribution in [0.3, 0.4) is 0 Å². The summed E-state index contributed by atoms with van der Waals surface area (Å²) in [5, 5.41) is 12.0. The van der Waals surface area contributed by atoms with E-state index in [4.69, 9.17) is 4.98 Å². The molecule has 0 atom stereocenters. The molecule has 0 saturated carbocycles. The van der Waals surface area contributed by atoms with Crippen molar-refractivity contribution >= 4 is 28.2 Å². The summed E-state index contributed by atoms with van der Waals surface area (Å²) in [7, 11) is 1.89. The monoisotopic (exact) mass is 365 g/mol. The zero-order valence-corrected chi connectivity index (χ0v) is 15.5. The average Bonchev–Trinajstić information content (AvgIpc) is 3.25. The molecule has 0 aromatic carbocycles. The summed E-state index contributed by atoms with van der Waals surface area (Å²) in [6, 6.07) is 3.82. The summed E-state index contributed by atoms with van der Waals surface area (Å²) in [5.74, 6) is 1.48. The molecular formula is C18H19N7S. The lowest BCUT2D eigenvalue weighted by atomic mass is 10.2. The van der Waals surface area contributed by atoms with Crippen molar-refractivity contribution in [1.29, 1.82) is 0 Å². The van der Waals surface area contributed by atoms with Crippen LogP contribution in [0.1, 0.15) is 17.1 Å². The van der Waals surface area contributed by atoms with Crippen molar-refractivity contribution in [3.05, 3.63) is 46.8 Å². The minimum Gasteiger partial charge on any atom is -0.369 e. The number of pyridine rings is 1. The Labute approximate surface area is 155 Å². The predicted octanol–water partition coefficient (Wildman–Crippen LogP) is 3.23. The van der Waals surface area contributed by atoms with E-state index in [1.807, 2.05) is 26.1 Å². The van der Waals surface area contributed by atoms with E-state index < -0.39 is 0 Å². The Kier molecular flexibility index (Phi) is 4.57. The van der Waals surface area contributed by atoms with Crippen LogP contribution in [0.5, 0.6) is 0 Å². The quantitative estimate of drug-likeness (QED) is 0.528. The van der Waals surface area contributed by atoms with Gasteiger partial charge in [0.25, 0.3) is 0 Å². The molecule has 8 heteroatoms. The van der Waals surface area contributed by atoms with Crippen molar-refractivity contribution in [2.45, 2.75) is 19.8 Å². The standard InChI is InChI=1S/C18H19N7S/c1-12-11-26-15(22-12)4-3-7-20-17-14-10-21-25(2)18(14)24-16(23-17)13-5-8-19-9-6-13/h5-6,8-11H,3-4,7H2,1-2H3,(H,20,23,24). The molecule has 0 radical (unpaired) electrons. The van der Waals surface area contributed by atoms with Gasteiger partial charge in [-0.1, -0.05) is 0 Å². The van der Waals surface area contributed by atoms with Gasteiger partial charge >= 0.3 is 0 Å². The van der Waals surface area contributed by atoms with E-state index in [0.717, 1.165) is 47.5 Å². The first-order valence-corrected chi connectivity index (χ1v) is 9.34. The van der Waals surface area contributed by atoms with Gasteiger partial charge in [-0.25, -0.2) is 15.0 Å². The first-order valence-electron chi connectivity index (χ1n) is 8.46. The second kappa shape index (κ2) is 7.17. The Morgan fingerprint density at radius 1 is 1.15 bits per heavy atom. The molecule has 132 valence electrons. The highest BCUT2D eigenvalue weighted by molar-refractivity contribution is 7.09. The third-order valence-electron chi connectivity index (χ3n) is 4.06. The van der Waals surface area contributed by atoms with Crippen LogP contribution in [0.15, 0.2) is 36.1 Å². The second-order valence-corrected chi connectivity index (χ2v) is 6.99. The lowest BCUT2D eigenvalue weighted by Crippen LogP contribution is -2.07. The Balaban J connectivity index is 1.55. The normalized spacial score (nSPS) is 11.2. The van der Waals surface area contributed by atoms with Crippen molar-refractivity contribution in [2.75, 3.05) is 11.9 Å². The summed E-state index contributed by atoms with van der Waals surface area (Å²) in [6.07, 6.45) is 7.25. The van der Waals surface area contributed by atoms with Gasteiger partial charge in [-0.2, -0.15) is 5.10 Å². The van der Waals surface area contributed by atoms with E-state index in [1.165, 1.54) is 5.01 Å².